The van der Waals surface area contributed by atoms with Gasteiger partial charge in [-0.3, -0.25) is 81.7 Å². The molecule has 38 nitrogen and oxygen atoms in total. The summed E-state index contributed by atoms with van der Waals surface area (Å²) in [5, 5.41) is 56.4. The molecule has 0 saturated carbocycles. The molecule has 1 fully saturated rings. The van der Waals surface area contributed by atoms with Gasteiger partial charge in [0, 0.05) is 32.4 Å². The van der Waals surface area contributed by atoms with Crippen molar-refractivity contribution in [3.8, 4) is 0 Å². The fourth-order valence-corrected chi connectivity index (χ4v) is 11.7. The number of rotatable bonds is 51. The first-order valence-corrected chi connectivity index (χ1v) is 37.4. The summed E-state index contributed by atoms with van der Waals surface area (Å²) in [4.78, 5) is 235. The molecule has 0 aromatic rings. The average molecular weight is 1540 g/mol. The Kier molecular flexibility index (Phi) is 42.9. The highest BCUT2D eigenvalue weighted by Crippen LogP contribution is 2.22. The van der Waals surface area contributed by atoms with Crippen molar-refractivity contribution < 1.29 is 96.8 Å². The van der Waals surface area contributed by atoms with Gasteiger partial charge in [-0.05, 0) is 112 Å². The summed E-state index contributed by atoms with van der Waals surface area (Å²) in [5.41, 5.74) is 28.3. The second kappa shape index (κ2) is 48.0. The van der Waals surface area contributed by atoms with Crippen molar-refractivity contribution in [2.45, 2.75) is 258 Å². The normalized spacial score (nSPS) is 16.4. The molecule has 0 aromatic heterocycles. The topological polar surface area (TPSA) is 629 Å². The Balaban J connectivity index is 3.69. The lowest BCUT2D eigenvalue weighted by Gasteiger charge is -2.32. The lowest BCUT2D eigenvalue weighted by molar-refractivity contribution is -0.146. The molecular formula is C68H118N18O20S. The van der Waals surface area contributed by atoms with E-state index in [2.05, 4.69) is 63.5 Å². The van der Waals surface area contributed by atoms with E-state index < -0.39 is 242 Å². The van der Waals surface area contributed by atoms with Crippen LogP contribution in [0.4, 0.5) is 0 Å². The molecule has 0 aromatic carbocycles. The summed E-state index contributed by atoms with van der Waals surface area (Å²) < 4.78 is 0. The Morgan fingerprint density at radius 3 is 1.28 bits per heavy atom. The van der Waals surface area contributed by atoms with Gasteiger partial charge in [-0.2, -0.15) is 11.8 Å². The number of carbonyl (C=O) groups excluding carboxylic acids is 14. The highest BCUT2D eigenvalue weighted by molar-refractivity contribution is 7.98. The Morgan fingerprint density at radius 1 is 0.458 bits per heavy atom. The molecule has 0 bridgehead atoms. The average Bonchev–Trinajstić information content (AvgIpc) is 1.72. The minimum absolute atomic E-state index is 0.0169. The summed E-state index contributed by atoms with van der Waals surface area (Å²) in [6, 6.07) is -18.9. The van der Waals surface area contributed by atoms with Crippen LogP contribution < -0.4 is 87.2 Å². The number of nitrogens with zero attached hydrogens (tertiary/aromatic N) is 2. The van der Waals surface area contributed by atoms with Gasteiger partial charge in [0.15, 0.2) is 5.96 Å². The third-order valence-corrected chi connectivity index (χ3v) is 18.1. The summed E-state index contributed by atoms with van der Waals surface area (Å²) >= 11 is 1.50. The number of hydrogen-bond acceptors (Lipinski definition) is 20. The number of carboxylic acid groups (broad SMARTS) is 3. The molecule has 14 amide bonds. The van der Waals surface area contributed by atoms with Gasteiger partial charge in [-0.1, -0.05) is 89.5 Å². The van der Waals surface area contributed by atoms with Crippen LogP contribution in [-0.4, -0.2) is 230 Å². The first-order chi connectivity index (χ1) is 49.9. The van der Waals surface area contributed by atoms with Crippen molar-refractivity contribution >= 4 is 118 Å². The van der Waals surface area contributed by atoms with E-state index in [4.69, 9.17) is 33.8 Å². The predicted octanol–water partition coefficient (Wildman–Crippen LogP) is -3.49. The van der Waals surface area contributed by atoms with Gasteiger partial charge in [0.05, 0.1) is 12.5 Å². The van der Waals surface area contributed by atoms with E-state index in [1.165, 1.54) is 25.6 Å². The molecule has 39 heteroatoms. The number of nitrogens with two attached hydrogens (primary N) is 5. The van der Waals surface area contributed by atoms with Crippen LogP contribution in [0.2, 0.25) is 0 Å². The molecule has 0 aliphatic carbocycles. The number of amides is 14. The molecule has 1 saturated heterocycles. The third kappa shape index (κ3) is 35.2. The molecule has 606 valence electrons. The van der Waals surface area contributed by atoms with Gasteiger partial charge in [0.25, 0.3) is 0 Å². The lowest BCUT2D eigenvalue weighted by Crippen LogP contribution is -2.62. The zero-order valence-electron chi connectivity index (χ0n) is 63.7. The van der Waals surface area contributed by atoms with Gasteiger partial charge >= 0.3 is 17.9 Å². The van der Waals surface area contributed by atoms with Crippen molar-refractivity contribution in [2.24, 2.45) is 69.2 Å². The Morgan fingerprint density at radius 2 is 0.850 bits per heavy atom. The second-order valence-corrected chi connectivity index (χ2v) is 29.6. The summed E-state index contributed by atoms with van der Waals surface area (Å²) in [5.74, 6) is -20.3. The number of guanidine groups is 1. The summed E-state index contributed by atoms with van der Waals surface area (Å²) in [6.07, 6.45) is -1.91. The van der Waals surface area contributed by atoms with Crippen molar-refractivity contribution in [1.29, 1.82) is 0 Å². The van der Waals surface area contributed by atoms with Crippen molar-refractivity contribution in [3.63, 3.8) is 0 Å². The zero-order chi connectivity index (χ0) is 81.9. The van der Waals surface area contributed by atoms with E-state index in [0.29, 0.717) is 18.6 Å². The SMILES string of the molecule is CC[C@H](C)[C@H](NC(=O)[C@@H](N)CCSC)C(=O)N[C@H](C(=O)N[C@H](C(=O)N[C@@H](CCCN=C(N)N)C(=O)N[C@@H](CC(C)C)C(=O)N[C@@H](CC(C)C)C(=O)N[C@@H](CCC(N)=O)C(=O)N[C@@H](CC(N)=O)C(=O)N[C@@H](CCC(=O)O)C(=O)N[C@H](C(=O)N1CCC[C@H]1C(=O)N[C@@H](CCC(=O)O)C(=O)O)C(C)C)C(C)C)C(C)C. The Bertz CT molecular complexity index is 3120. The van der Waals surface area contributed by atoms with E-state index in [1.807, 2.05) is 13.2 Å². The molecule has 1 aliphatic heterocycles. The van der Waals surface area contributed by atoms with Crippen molar-refractivity contribution in [3.05, 3.63) is 0 Å². The molecule has 24 N–H and O–H groups in total. The van der Waals surface area contributed by atoms with Crippen LogP contribution >= 0.6 is 11.8 Å². The first kappa shape index (κ1) is 95.6. The highest BCUT2D eigenvalue weighted by Gasteiger charge is 2.43. The zero-order valence-corrected chi connectivity index (χ0v) is 64.5. The van der Waals surface area contributed by atoms with Gasteiger partial charge in [0.2, 0.25) is 82.7 Å². The maximum Gasteiger partial charge on any atom is 0.326 e. The maximum atomic E-state index is 14.6. The van der Waals surface area contributed by atoms with Gasteiger partial charge in [0.1, 0.15) is 72.5 Å². The monoisotopic (exact) mass is 1540 g/mol. The second-order valence-electron chi connectivity index (χ2n) is 28.7. The van der Waals surface area contributed by atoms with Crippen molar-refractivity contribution in [1.82, 2.24) is 63.4 Å². The summed E-state index contributed by atoms with van der Waals surface area (Å²) in [7, 11) is 0. The van der Waals surface area contributed by atoms with E-state index in [-0.39, 0.29) is 75.3 Å². The number of thioether (sulfide) groups is 1. The molecule has 1 aliphatic rings. The number of hydrogen-bond donors (Lipinski definition) is 19. The Hall–Kier alpha value is -9.43. The van der Waals surface area contributed by atoms with Crippen LogP contribution in [0.15, 0.2) is 4.99 Å². The van der Waals surface area contributed by atoms with Crippen molar-refractivity contribution in [2.75, 3.05) is 25.1 Å². The molecule has 1 heterocycles. The maximum absolute atomic E-state index is 14.6. The predicted molar refractivity (Wildman–Crippen MR) is 393 cm³/mol. The number of carbonyl (C=O) groups is 17. The van der Waals surface area contributed by atoms with E-state index in [0.717, 1.165) is 4.90 Å². The van der Waals surface area contributed by atoms with Crippen LogP contribution in [0.5, 0.6) is 0 Å². The molecule has 0 radical (unpaired) electrons. The number of carboxylic acids is 3. The number of likely N-dealkylation sites (tertiary alicyclic amines) is 1. The van der Waals surface area contributed by atoms with Crippen LogP contribution in [-0.2, 0) is 81.5 Å². The highest BCUT2D eigenvalue weighted by atomic mass is 32.2. The van der Waals surface area contributed by atoms with Crippen LogP contribution in [0, 0.1) is 35.5 Å². The molecular weight excluding hydrogens is 1420 g/mol. The Labute approximate surface area is 628 Å². The molecule has 14 atom stereocenters. The number of nitrogens with one attached hydrogen (secondary N) is 11. The number of aliphatic imine (C=N–C) groups is 1. The first-order valence-electron chi connectivity index (χ1n) is 36.0. The minimum Gasteiger partial charge on any atom is -0.481 e. The largest absolute Gasteiger partial charge is 0.481 e. The fourth-order valence-electron chi connectivity index (χ4n) is 11.2. The molecule has 0 unspecified atom stereocenters. The van der Waals surface area contributed by atoms with Crippen LogP contribution in [0.1, 0.15) is 179 Å². The van der Waals surface area contributed by atoms with Gasteiger partial charge in [-0.15, -0.1) is 0 Å². The van der Waals surface area contributed by atoms with E-state index in [1.54, 1.807) is 62.3 Å². The minimum atomic E-state index is -2.00. The van der Waals surface area contributed by atoms with E-state index >= 15 is 0 Å². The lowest BCUT2D eigenvalue weighted by atomic mass is 9.95. The smallest absolute Gasteiger partial charge is 0.326 e. The fraction of sp³-hybridized carbons (Fsp3) is 0.735. The van der Waals surface area contributed by atoms with Gasteiger partial charge in [-0.25, -0.2) is 4.79 Å². The molecule has 0 spiro atoms. The summed E-state index contributed by atoms with van der Waals surface area (Å²) in [6.45, 7) is 20.0. The van der Waals surface area contributed by atoms with E-state index in [9.17, 15) is 91.7 Å². The number of aliphatic carboxylic acids is 3. The van der Waals surface area contributed by atoms with Crippen LogP contribution in [0.3, 0.4) is 0 Å². The molecule has 107 heavy (non-hydrogen) atoms. The quantitative estimate of drug-likeness (QED) is 0.0160. The number of primary amides is 2. The molecule has 1 rings (SSSR count). The van der Waals surface area contributed by atoms with Gasteiger partial charge < -0.3 is 107 Å². The van der Waals surface area contributed by atoms with Crippen LogP contribution in [0.25, 0.3) is 0 Å². The standard InChI is InChI=1S/C68H118N18O20S/c1-14-37(12)54(85-55(93)38(69)25-28-107-13)65(103)83-52(35(8)9)64(102)82-51(34(6)7)63(101)77-39(17-15-26-74-68(72)73)56(94)79-44(30-33(4)5)60(98)80-43(29-32(2)3)59(97)75-40(19-22-47(70)87)57(95)81-45(31-48(71)88)61(99)76-41(20-23-49(89)90)58(96)84-53(36(10)11)66(104)86-27-16-18-46(86)62(100)78-42(67(105)106)21-24-50(91)92/h32-46,51-54H,14-31,69H2,1-13H3,(H2,70,87)(H2,71,88)(H,75,97)(H,76,99)(H,77,101)(H,78,100)(H,79,94)(H,80,98)(H,81,95)(H,82,102)(H,83,103)(H,84,96)(H,85,93)(H,89,90)(H,91,92)(H,105,106)(H4,72,73,74)/t37-,38-,39-,40-,41-,42-,43-,44-,45-,46-,51-,52-,53-,54-/m0/s1. The third-order valence-electron chi connectivity index (χ3n) is 17.5.